The lowest BCUT2D eigenvalue weighted by molar-refractivity contribution is -0.138. The maximum Gasteiger partial charge on any atom is 0.419 e. The minimum atomic E-state index is -4.48. The number of H-pyrrole nitrogens is 1. The van der Waals surface area contributed by atoms with Crippen LogP contribution in [0.1, 0.15) is 17.8 Å². The third kappa shape index (κ3) is 5.04. The molecule has 9 nitrogen and oxygen atoms in total. The molecule has 0 unspecified atom stereocenters. The van der Waals surface area contributed by atoms with Crippen molar-refractivity contribution in [2.24, 2.45) is 0 Å². The molecule has 0 spiro atoms. The Balaban J connectivity index is 1.30. The van der Waals surface area contributed by atoms with Crippen LogP contribution in [0.3, 0.4) is 0 Å². The van der Waals surface area contributed by atoms with Gasteiger partial charge in [0.2, 0.25) is 11.9 Å². The number of piperazine rings is 1. The van der Waals surface area contributed by atoms with Gasteiger partial charge in [-0.05, 0) is 19.1 Å². The Morgan fingerprint density at radius 3 is 2.52 bits per heavy atom. The quantitative estimate of drug-likeness (QED) is 0.600. The van der Waals surface area contributed by atoms with Gasteiger partial charge in [0, 0.05) is 51.5 Å². The molecule has 0 saturated carbocycles. The van der Waals surface area contributed by atoms with E-state index in [0.717, 1.165) is 12.4 Å². The van der Waals surface area contributed by atoms with Crippen molar-refractivity contribution in [2.75, 3.05) is 42.9 Å². The third-order valence-corrected chi connectivity index (χ3v) is 5.39. The Hall–Kier alpha value is -3.70. The van der Waals surface area contributed by atoms with E-state index in [1.807, 2.05) is 6.07 Å². The molecule has 33 heavy (non-hydrogen) atoms. The molecule has 12 heteroatoms. The van der Waals surface area contributed by atoms with Crippen molar-refractivity contribution in [3.05, 3.63) is 52.3 Å². The van der Waals surface area contributed by atoms with Gasteiger partial charge in [-0.2, -0.15) is 13.2 Å². The molecular weight excluding hydrogens is 439 g/mol. The number of benzene rings is 1. The molecule has 3 aromatic rings. The predicted octanol–water partition coefficient (Wildman–Crippen LogP) is 2.19. The third-order valence-electron chi connectivity index (χ3n) is 5.39. The van der Waals surface area contributed by atoms with Crippen LogP contribution in [0.5, 0.6) is 0 Å². The van der Waals surface area contributed by atoms with Crippen molar-refractivity contribution in [1.82, 2.24) is 24.8 Å². The molecule has 1 fully saturated rings. The Morgan fingerprint density at radius 2 is 1.85 bits per heavy atom. The van der Waals surface area contributed by atoms with Crippen LogP contribution >= 0.6 is 0 Å². The van der Waals surface area contributed by atoms with Crippen LogP contribution in [0.15, 0.2) is 35.4 Å². The highest BCUT2D eigenvalue weighted by Gasteiger charge is 2.32. The number of aryl methyl sites for hydroxylation is 1. The molecule has 0 atom stereocenters. The zero-order valence-corrected chi connectivity index (χ0v) is 17.8. The molecule has 0 radical (unpaired) electrons. The number of nitrogens with zero attached hydrogens (tertiary/aromatic N) is 5. The number of aromatic nitrogens is 4. The standard InChI is InChI=1S/C21H22F3N7O2/c1-13-28-18-15(19(33)29-13)3-2-4-16(18)25-6-5-17(32)30-7-9-31(10-8-30)20-26-11-14(12-27-20)21(22,23)24/h2-4,11-12,25H,5-10H2,1H3,(H,28,29,33). The SMILES string of the molecule is Cc1nc2c(NCCC(=O)N3CCN(c4ncc(C(F)(F)F)cn4)CC3)cccc2c(=O)[nH]1. The highest BCUT2D eigenvalue weighted by Crippen LogP contribution is 2.28. The number of para-hydroxylation sites is 1. The first-order valence-corrected chi connectivity index (χ1v) is 10.4. The fraction of sp³-hybridized carbons (Fsp3) is 0.381. The monoisotopic (exact) mass is 461 g/mol. The normalized spacial score (nSPS) is 14.5. The number of halogens is 3. The second kappa shape index (κ2) is 9.04. The van der Waals surface area contributed by atoms with E-state index in [2.05, 4.69) is 25.3 Å². The molecule has 1 aromatic carbocycles. The molecule has 4 rings (SSSR count). The zero-order valence-electron chi connectivity index (χ0n) is 17.8. The second-order valence-corrected chi connectivity index (χ2v) is 7.67. The zero-order chi connectivity index (χ0) is 23.6. The van der Waals surface area contributed by atoms with E-state index in [4.69, 9.17) is 0 Å². The van der Waals surface area contributed by atoms with Crippen LogP contribution in [-0.4, -0.2) is 63.5 Å². The van der Waals surface area contributed by atoms with Crippen molar-refractivity contribution in [3.63, 3.8) is 0 Å². The smallest absolute Gasteiger partial charge is 0.383 e. The van der Waals surface area contributed by atoms with Gasteiger partial charge in [-0.25, -0.2) is 15.0 Å². The summed E-state index contributed by atoms with van der Waals surface area (Å²) >= 11 is 0. The molecule has 1 amide bonds. The molecule has 2 N–H and O–H groups in total. The van der Waals surface area contributed by atoms with Crippen LogP contribution in [0.25, 0.3) is 10.9 Å². The maximum absolute atomic E-state index is 12.7. The van der Waals surface area contributed by atoms with Crippen molar-refractivity contribution in [1.29, 1.82) is 0 Å². The lowest BCUT2D eigenvalue weighted by atomic mass is 10.2. The van der Waals surface area contributed by atoms with E-state index >= 15 is 0 Å². The summed E-state index contributed by atoms with van der Waals surface area (Å²) in [5, 5.41) is 3.65. The van der Waals surface area contributed by atoms with Crippen LogP contribution in [0.2, 0.25) is 0 Å². The van der Waals surface area contributed by atoms with Crippen molar-refractivity contribution >= 4 is 28.4 Å². The number of alkyl halides is 3. The first-order valence-electron chi connectivity index (χ1n) is 10.4. The van der Waals surface area contributed by atoms with Gasteiger partial charge in [0.25, 0.3) is 5.56 Å². The van der Waals surface area contributed by atoms with Crippen LogP contribution in [0, 0.1) is 6.92 Å². The molecule has 0 bridgehead atoms. The number of carbonyl (C=O) groups is 1. The number of fused-ring (bicyclic) bond motifs is 1. The number of hydrogen-bond donors (Lipinski definition) is 2. The highest BCUT2D eigenvalue weighted by atomic mass is 19.4. The average Bonchev–Trinajstić information content (AvgIpc) is 2.79. The summed E-state index contributed by atoms with van der Waals surface area (Å²) in [5.41, 5.74) is 0.121. The summed E-state index contributed by atoms with van der Waals surface area (Å²) in [7, 11) is 0. The van der Waals surface area contributed by atoms with E-state index in [1.54, 1.807) is 28.9 Å². The average molecular weight is 461 g/mol. The number of nitrogens with one attached hydrogen (secondary N) is 2. The van der Waals surface area contributed by atoms with Gasteiger partial charge in [-0.1, -0.05) is 6.07 Å². The summed E-state index contributed by atoms with van der Waals surface area (Å²) in [6.07, 6.45) is -2.70. The van der Waals surface area contributed by atoms with E-state index in [-0.39, 0.29) is 23.8 Å². The molecule has 2 aromatic heterocycles. The second-order valence-electron chi connectivity index (χ2n) is 7.67. The van der Waals surface area contributed by atoms with Gasteiger partial charge >= 0.3 is 6.18 Å². The fourth-order valence-electron chi connectivity index (χ4n) is 3.67. The summed E-state index contributed by atoms with van der Waals surface area (Å²) < 4.78 is 38.0. The van der Waals surface area contributed by atoms with Gasteiger partial charge in [-0.15, -0.1) is 0 Å². The van der Waals surface area contributed by atoms with Gasteiger partial charge in [-0.3, -0.25) is 9.59 Å². The Morgan fingerprint density at radius 1 is 1.15 bits per heavy atom. The van der Waals surface area contributed by atoms with Crippen molar-refractivity contribution < 1.29 is 18.0 Å². The van der Waals surface area contributed by atoms with E-state index in [1.165, 1.54) is 0 Å². The number of anilines is 2. The fourth-order valence-corrected chi connectivity index (χ4v) is 3.67. The van der Waals surface area contributed by atoms with Crippen LogP contribution in [-0.2, 0) is 11.0 Å². The highest BCUT2D eigenvalue weighted by molar-refractivity contribution is 5.89. The summed E-state index contributed by atoms with van der Waals surface area (Å²) in [5.74, 6) is 0.677. The Kier molecular flexibility index (Phi) is 6.16. The number of aromatic amines is 1. The molecule has 1 aliphatic rings. The molecule has 174 valence electrons. The number of hydrogen-bond acceptors (Lipinski definition) is 7. The molecule has 3 heterocycles. The van der Waals surface area contributed by atoms with Gasteiger partial charge < -0.3 is 20.1 Å². The minimum Gasteiger partial charge on any atom is -0.383 e. The van der Waals surface area contributed by atoms with Gasteiger partial charge in [0.1, 0.15) is 11.3 Å². The van der Waals surface area contributed by atoms with Crippen LogP contribution < -0.4 is 15.8 Å². The summed E-state index contributed by atoms with van der Waals surface area (Å²) in [6, 6.07) is 5.25. The first kappa shape index (κ1) is 22.5. The van der Waals surface area contributed by atoms with Gasteiger partial charge in [0.15, 0.2) is 0 Å². The number of amides is 1. The number of carbonyl (C=O) groups excluding carboxylic acids is 1. The van der Waals surface area contributed by atoms with Crippen LogP contribution in [0.4, 0.5) is 24.8 Å². The van der Waals surface area contributed by atoms with Crippen molar-refractivity contribution in [2.45, 2.75) is 19.5 Å². The predicted molar refractivity (Wildman–Crippen MR) is 116 cm³/mol. The Bertz CT molecular complexity index is 1200. The van der Waals surface area contributed by atoms with E-state index in [0.29, 0.717) is 55.1 Å². The minimum absolute atomic E-state index is 0.0438. The Labute approximate surface area is 186 Å². The largest absolute Gasteiger partial charge is 0.419 e. The first-order chi connectivity index (χ1) is 15.7. The summed E-state index contributed by atoms with van der Waals surface area (Å²) in [6.45, 7) is 3.78. The molecule has 1 aliphatic heterocycles. The molecule has 1 saturated heterocycles. The number of rotatable bonds is 5. The molecule has 0 aliphatic carbocycles. The maximum atomic E-state index is 12.7. The van der Waals surface area contributed by atoms with E-state index in [9.17, 15) is 22.8 Å². The lowest BCUT2D eigenvalue weighted by Gasteiger charge is -2.34. The van der Waals surface area contributed by atoms with E-state index < -0.39 is 11.7 Å². The van der Waals surface area contributed by atoms with Crippen molar-refractivity contribution in [3.8, 4) is 0 Å². The molecular formula is C21H22F3N7O2. The lowest BCUT2D eigenvalue weighted by Crippen LogP contribution is -2.49. The topological polar surface area (TPSA) is 107 Å². The van der Waals surface area contributed by atoms with Gasteiger partial charge in [0.05, 0.1) is 16.6 Å². The summed E-state index contributed by atoms with van der Waals surface area (Å²) in [4.78, 5) is 42.8.